The third-order valence-corrected chi connectivity index (χ3v) is 3.52. The first-order valence-corrected chi connectivity index (χ1v) is 7.25. The molecule has 2 N–H and O–H groups in total. The molecule has 2 unspecified atom stereocenters. The lowest BCUT2D eigenvalue weighted by Gasteiger charge is -2.27. The topological polar surface area (TPSA) is 72.2 Å². The average molecular weight is 288 g/mol. The Kier molecular flexibility index (Phi) is 4.47. The maximum Gasteiger partial charge on any atom is 0.247 e. The number of benzene rings is 1. The summed E-state index contributed by atoms with van der Waals surface area (Å²) in [7, 11) is 0. The molecule has 1 aliphatic heterocycles. The Labute approximate surface area is 123 Å². The van der Waals surface area contributed by atoms with Gasteiger partial charge in [0.15, 0.2) is 0 Å². The van der Waals surface area contributed by atoms with Gasteiger partial charge >= 0.3 is 0 Å². The number of aromatic nitrogens is 2. The fourth-order valence-electron chi connectivity index (χ4n) is 2.58. The van der Waals surface area contributed by atoms with Gasteiger partial charge < -0.3 is 19.8 Å². The van der Waals surface area contributed by atoms with Crippen LogP contribution in [0.15, 0.2) is 35.1 Å². The Hall–Kier alpha value is -1.92. The van der Waals surface area contributed by atoms with Gasteiger partial charge in [0, 0.05) is 29.9 Å². The van der Waals surface area contributed by atoms with E-state index in [1.807, 2.05) is 24.3 Å². The first-order chi connectivity index (χ1) is 10.3. The van der Waals surface area contributed by atoms with Crippen molar-refractivity contribution in [2.24, 2.45) is 0 Å². The van der Waals surface area contributed by atoms with E-state index in [4.69, 9.17) is 9.15 Å². The standard InChI is InChI=1S/C15H20N4O2/c1-11(7-14-9-20-6-5-16-14)18-13-4-2-3-12(8-13)15-19-17-10-21-15/h2-4,8,10-11,14,16,18H,5-7,9H2,1H3. The molecule has 21 heavy (non-hydrogen) atoms. The fourth-order valence-corrected chi connectivity index (χ4v) is 2.58. The molecule has 0 amide bonds. The normalized spacial score (nSPS) is 20.1. The Morgan fingerprint density at radius 3 is 3.19 bits per heavy atom. The Morgan fingerprint density at radius 1 is 1.48 bits per heavy atom. The van der Waals surface area contributed by atoms with E-state index in [0.717, 1.165) is 37.4 Å². The zero-order valence-corrected chi connectivity index (χ0v) is 12.1. The highest BCUT2D eigenvalue weighted by molar-refractivity contribution is 5.61. The van der Waals surface area contributed by atoms with Crippen LogP contribution in [0.4, 0.5) is 5.69 Å². The van der Waals surface area contributed by atoms with E-state index in [0.29, 0.717) is 18.0 Å². The van der Waals surface area contributed by atoms with Crippen molar-refractivity contribution < 1.29 is 9.15 Å². The first kappa shape index (κ1) is 14.0. The Morgan fingerprint density at radius 2 is 2.43 bits per heavy atom. The van der Waals surface area contributed by atoms with Crippen LogP contribution in [-0.4, -0.2) is 42.0 Å². The van der Waals surface area contributed by atoms with E-state index >= 15 is 0 Å². The van der Waals surface area contributed by atoms with Crippen LogP contribution in [0.2, 0.25) is 0 Å². The van der Waals surface area contributed by atoms with E-state index in [1.54, 1.807) is 0 Å². The molecule has 1 aliphatic rings. The van der Waals surface area contributed by atoms with Crippen molar-refractivity contribution in [2.75, 3.05) is 25.1 Å². The number of anilines is 1. The summed E-state index contributed by atoms with van der Waals surface area (Å²) in [5, 5.41) is 14.6. The van der Waals surface area contributed by atoms with E-state index in [-0.39, 0.29) is 0 Å². The van der Waals surface area contributed by atoms with E-state index in [2.05, 4.69) is 27.8 Å². The lowest BCUT2D eigenvalue weighted by molar-refractivity contribution is 0.0731. The summed E-state index contributed by atoms with van der Waals surface area (Å²) in [6.45, 7) is 4.71. The van der Waals surface area contributed by atoms with E-state index in [1.165, 1.54) is 6.39 Å². The predicted molar refractivity (Wildman–Crippen MR) is 80.0 cm³/mol. The zero-order valence-electron chi connectivity index (χ0n) is 12.1. The third-order valence-electron chi connectivity index (χ3n) is 3.52. The minimum Gasteiger partial charge on any atom is -0.423 e. The zero-order chi connectivity index (χ0) is 14.5. The van der Waals surface area contributed by atoms with Crippen LogP contribution in [0, 0.1) is 0 Å². The molecule has 3 rings (SSSR count). The molecule has 1 aromatic carbocycles. The summed E-state index contributed by atoms with van der Waals surface area (Å²) in [5.74, 6) is 0.536. The first-order valence-electron chi connectivity index (χ1n) is 7.25. The van der Waals surface area contributed by atoms with Crippen LogP contribution in [0.5, 0.6) is 0 Å². The Bertz CT molecular complexity index is 553. The van der Waals surface area contributed by atoms with Crippen molar-refractivity contribution in [3.63, 3.8) is 0 Å². The van der Waals surface area contributed by atoms with Crippen molar-refractivity contribution in [3.05, 3.63) is 30.7 Å². The molecule has 0 saturated carbocycles. The van der Waals surface area contributed by atoms with Crippen LogP contribution < -0.4 is 10.6 Å². The van der Waals surface area contributed by atoms with Crippen LogP contribution in [0.25, 0.3) is 11.5 Å². The van der Waals surface area contributed by atoms with Gasteiger partial charge in [-0.3, -0.25) is 0 Å². The SMILES string of the molecule is CC(CC1COCCN1)Nc1cccc(-c2nnco2)c1. The van der Waals surface area contributed by atoms with Gasteiger partial charge in [-0.25, -0.2) is 0 Å². The highest BCUT2D eigenvalue weighted by Gasteiger charge is 2.16. The van der Waals surface area contributed by atoms with Gasteiger partial charge in [-0.2, -0.15) is 0 Å². The van der Waals surface area contributed by atoms with Gasteiger partial charge in [0.1, 0.15) is 0 Å². The predicted octanol–water partition coefficient (Wildman–Crippen LogP) is 1.92. The molecule has 0 radical (unpaired) electrons. The monoisotopic (exact) mass is 288 g/mol. The molecular weight excluding hydrogens is 268 g/mol. The molecule has 2 heterocycles. The number of morpholine rings is 1. The summed E-state index contributed by atoms with van der Waals surface area (Å²) < 4.78 is 10.7. The molecule has 1 fully saturated rings. The lowest BCUT2D eigenvalue weighted by Crippen LogP contribution is -2.43. The summed E-state index contributed by atoms with van der Waals surface area (Å²) >= 11 is 0. The largest absolute Gasteiger partial charge is 0.423 e. The second-order valence-corrected chi connectivity index (χ2v) is 5.33. The van der Waals surface area contributed by atoms with Crippen molar-refractivity contribution in [3.8, 4) is 11.5 Å². The van der Waals surface area contributed by atoms with E-state index < -0.39 is 0 Å². The molecule has 2 atom stereocenters. The third kappa shape index (κ3) is 3.80. The minimum atomic E-state index is 0.349. The quantitative estimate of drug-likeness (QED) is 0.875. The van der Waals surface area contributed by atoms with Crippen LogP contribution in [-0.2, 0) is 4.74 Å². The second-order valence-electron chi connectivity index (χ2n) is 5.33. The Balaban J connectivity index is 1.60. The average Bonchev–Trinajstić information content (AvgIpc) is 3.02. The highest BCUT2D eigenvalue weighted by Crippen LogP contribution is 2.21. The number of hydrogen-bond donors (Lipinski definition) is 2. The number of nitrogens with zero attached hydrogens (tertiary/aromatic N) is 2. The van der Waals surface area contributed by atoms with Crippen molar-refractivity contribution in [1.29, 1.82) is 0 Å². The van der Waals surface area contributed by atoms with Gasteiger partial charge in [-0.15, -0.1) is 10.2 Å². The highest BCUT2D eigenvalue weighted by atomic mass is 16.5. The van der Waals surface area contributed by atoms with Crippen molar-refractivity contribution >= 4 is 5.69 Å². The van der Waals surface area contributed by atoms with Crippen LogP contribution >= 0.6 is 0 Å². The number of rotatable bonds is 5. The molecule has 112 valence electrons. The van der Waals surface area contributed by atoms with E-state index in [9.17, 15) is 0 Å². The molecule has 0 bridgehead atoms. The molecule has 0 spiro atoms. The van der Waals surface area contributed by atoms with Gasteiger partial charge in [0.2, 0.25) is 12.3 Å². The maximum absolute atomic E-state index is 5.48. The fraction of sp³-hybridized carbons (Fsp3) is 0.467. The molecule has 6 nitrogen and oxygen atoms in total. The molecule has 6 heteroatoms. The summed E-state index contributed by atoms with van der Waals surface area (Å²) in [6, 6.07) is 8.77. The molecular formula is C15H20N4O2. The summed E-state index contributed by atoms with van der Waals surface area (Å²) in [6.07, 6.45) is 2.36. The second kappa shape index (κ2) is 6.69. The van der Waals surface area contributed by atoms with Crippen molar-refractivity contribution in [1.82, 2.24) is 15.5 Å². The number of ether oxygens (including phenoxy) is 1. The molecule has 1 saturated heterocycles. The van der Waals surface area contributed by atoms with Crippen molar-refractivity contribution in [2.45, 2.75) is 25.4 Å². The lowest BCUT2D eigenvalue weighted by atomic mass is 10.1. The van der Waals surface area contributed by atoms with Crippen LogP contribution in [0.1, 0.15) is 13.3 Å². The minimum absolute atomic E-state index is 0.349. The summed E-state index contributed by atoms with van der Waals surface area (Å²) in [4.78, 5) is 0. The number of nitrogens with one attached hydrogen (secondary N) is 2. The maximum atomic E-state index is 5.48. The summed E-state index contributed by atoms with van der Waals surface area (Å²) in [5.41, 5.74) is 1.97. The molecule has 0 aliphatic carbocycles. The smallest absolute Gasteiger partial charge is 0.247 e. The van der Waals surface area contributed by atoms with Gasteiger partial charge in [-0.1, -0.05) is 6.07 Å². The molecule has 2 aromatic rings. The van der Waals surface area contributed by atoms with Gasteiger partial charge in [0.25, 0.3) is 0 Å². The van der Waals surface area contributed by atoms with Gasteiger partial charge in [0.05, 0.1) is 13.2 Å². The van der Waals surface area contributed by atoms with Gasteiger partial charge in [-0.05, 0) is 31.5 Å². The van der Waals surface area contributed by atoms with Crippen LogP contribution in [0.3, 0.4) is 0 Å². The number of hydrogen-bond acceptors (Lipinski definition) is 6. The molecule has 1 aromatic heterocycles.